The molecule has 32 heavy (non-hydrogen) atoms. The number of benzene rings is 1. The van der Waals surface area contributed by atoms with Crippen molar-refractivity contribution in [1.29, 1.82) is 0 Å². The quantitative estimate of drug-likeness (QED) is 0.135. The van der Waals surface area contributed by atoms with Crippen LogP contribution in [0.1, 0.15) is 51.7 Å². The third-order valence-electron chi connectivity index (χ3n) is 5.00. The molecule has 0 aliphatic heterocycles. The van der Waals surface area contributed by atoms with Gasteiger partial charge in [-0.05, 0) is 56.1 Å². The van der Waals surface area contributed by atoms with Crippen molar-refractivity contribution in [1.82, 2.24) is 4.90 Å². The largest absolute Gasteiger partial charge is 0.471 e. The molecule has 0 saturated carbocycles. The van der Waals surface area contributed by atoms with Gasteiger partial charge in [0, 0.05) is 17.3 Å². The van der Waals surface area contributed by atoms with Crippen LogP contribution in [0.25, 0.3) is 5.57 Å². The summed E-state index contributed by atoms with van der Waals surface area (Å²) >= 11 is 4.99. The van der Waals surface area contributed by atoms with Crippen LogP contribution in [0.2, 0.25) is 0 Å². The summed E-state index contributed by atoms with van der Waals surface area (Å²) in [5, 5.41) is 0.669. The Labute approximate surface area is 199 Å². The maximum absolute atomic E-state index is 12.5. The minimum absolute atomic E-state index is 0.294. The molecular weight excluding hydrogens is 464 g/mol. The molecule has 178 valence electrons. The van der Waals surface area contributed by atoms with E-state index in [9.17, 15) is 14.0 Å². The Bertz CT molecular complexity index is 866. The minimum atomic E-state index is -4.08. The van der Waals surface area contributed by atoms with E-state index in [0.717, 1.165) is 23.2 Å². The zero-order chi connectivity index (χ0) is 24.4. The molecule has 1 aromatic rings. The molecule has 0 bridgehead atoms. The van der Waals surface area contributed by atoms with Gasteiger partial charge in [-0.25, -0.2) is 0 Å². The van der Waals surface area contributed by atoms with Gasteiger partial charge >= 0.3 is 7.60 Å². The van der Waals surface area contributed by atoms with Crippen molar-refractivity contribution in [2.24, 2.45) is 5.41 Å². The van der Waals surface area contributed by atoms with Gasteiger partial charge in [-0.1, -0.05) is 63.8 Å². The van der Waals surface area contributed by atoms with Crippen molar-refractivity contribution in [3.05, 3.63) is 53.8 Å². The van der Waals surface area contributed by atoms with Crippen LogP contribution >= 0.6 is 28.3 Å². The van der Waals surface area contributed by atoms with Crippen LogP contribution in [0, 0.1) is 5.41 Å². The lowest BCUT2D eigenvalue weighted by molar-refractivity contribution is 0.0287. The summed E-state index contributed by atoms with van der Waals surface area (Å²) < 4.78 is 34.3. The predicted molar refractivity (Wildman–Crippen MR) is 136 cm³/mol. The number of nitrogens with zero attached hydrogens (tertiary/aromatic N) is 1. The molecule has 0 fully saturated rings. The zero-order valence-corrected chi connectivity index (χ0v) is 22.2. The van der Waals surface area contributed by atoms with Gasteiger partial charge in [0.2, 0.25) is 0 Å². The van der Waals surface area contributed by atoms with E-state index < -0.39 is 28.2 Å². The molecule has 2 atom stereocenters. The second-order valence-electron chi connectivity index (χ2n) is 8.75. The predicted octanol–water partition coefficient (Wildman–Crippen LogP) is 6.50. The number of hydrogen-bond acceptors (Lipinski definition) is 6. The van der Waals surface area contributed by atoms with Crippen molar-refractivity contribution in [2.45, 2.75) is 45.9 Å². The number of allylic oxidation sites excluding steroid dienone is 2. The molecule has 0 aliphatic carbocycles. The van der Waals surface area contributed by atoms with E-state index in [4.69, 9.17) is 21.5 Å². The standard InChI is InChI=1S/C23H35NO5P2S/c1-18(21-10-7-9-20(15-21)16-32)12-14-24(6)13-8-11-22(30-25)31(26,27)29-17-28-19(2)23(3,4)5/h7,9-10,12,15-16,22H,2,8,11,13-14,17H2,1,3-6H3,(H,26,27)/b18-12+. The highest BCUT2D eigenvalue weighted by Gasteiger charge is 2.33. The van der Waals surface area contributed by atoms with E-state index in [1.807, 2.05) is 46.0 Å². The Morgan fingerprint density at radius 2 is 2.09 bits per heavy atom. The first kappa shape index (κ1) is 28.8. The molecule has 1 N–H and O–H groups in total. The topological polar surface area (TPSA) is 76.1 Å². The number of ether oxygens (including phenoxy) is 1. The summed E-state index contributed by atoms with van der Waals surface area (Å²) in [6, 6.07) is 8.05. The summed E-state index contributed by atoms with van der Waals surface area (Å²) in [6.07, 6.45) is 3.03. The van der Waals surface area contributed by atoms with Crippen LogP contribution in [0.3, 0.4) is 0 Å². The SMILES string of the molecule is C=C(OCOP(=O)(O)C(CCCN(C)C/C=C(\C)c1cccc(C=S)c1)P=O)C(C)(C)C. The van der Waals surface area contributed by atoms with Gasteiger partial charge in [-0.2, -0.15) is 0 Å². The molecule has 1 rings (SSSR count). The van der Waals surface area contributed by atoms with Crippen molar-refractivity contribution in [3.63, 3.8) is 0 Å². The van der Waals surface area contributed by atoms with E-state index in [0.29, 0.717) is 25.1 Å². The molecule has 0 aliphatic rings. The fourth-order valence-electron chi connectivity index (χ4n) is 2.65. The number of likely N-dealkylation sites (N-methyl/N-ethyl adjacent to an activating group) is 1. The maximum atomic E-state index is 12.5. The Morgan fingerprint density at radius 1 is 1.41 bits per heavy atom. The van der Waals surface area contributed by atoms with Gasteiger partial charge in [0.25, 0.3) is 0 Å². The Hall–Kier alpha value is -1.20. The third-order valence-corrected chi connectivity index (χ3v) is 8.41. The summed E-state index contributed by atoms with van der Waals surface area (Å²) in [7, 11) is -2.52. The smallest absolute Gasteiger partial charge is 0.345 e. The summed E-state index contributed by atoms with van der Waals surface area (Å²) in [4.78, 5) is 12.3. The van der Waals surface area contributed by atoms with E-state index in [1.165, 1.54) is 0 Å². The van der Waals surface area contributed by atoms with Crippen LogP contribution in [-0.4, -0.2) is 47.5 Å². The highest BCUT2D eigenvalue weighted by molar-refractivity contribution is 7.79. The number of hydrogen-bond donors (Lipinski definition) is 1. The molecule has 0 spiro atoms. The first-order valence-corrected chi connectivity index (χ1v) is 13.4. The molecule has 9 heteroatoms. The van der Waals surface area contributed by atoms with Gasteiger partial charge in [0.05, 0.1) is 5.76 Å². The highest BCUT2D eigenvalue weighted by atomic mass is 32.1. The van der Waals surface area contributed by atoms with Crippen LogP contribution in [0.5, 0.6) is 0 Å². The lowest BCUT2D eigenvalue weighted by atomic mass is 9.95. The second-order valence-corrected chi connectivity index (χ2v) is 12.2. The Morgan fingerprint density at radius 3 is 2.69 bits per heavy atom. The maximum Gasteiger partial charge on any atom is 0.345 e. The molecule has 0 saturated heterocycles. The fourth-order valence-corrected chi connectivity index (χ4v) is 4.65. The van der Waals surface area contributed by atoms with Crippen LogP contribution < -0.4 is 0 Å². The van der Waals surface area contributed by atoms with E-state index in [1.54, 1.807) is 5.37 Å². The van der Waals surface area contributed by atoms with Crippen LogP contribution in [0.15, 0.2) is 42.7 Å². The first-order valence-electron chi connectivity index (χ1n) is 10.4. The second kappa shape index (κ2) is 13.5. The lowest BCUT2D eigenvalue weighted by Crippen LogP contribution is -2.21. The highest BCUT2D eigenvalue weighted by Crippen LogP contribution is 2.54. The number of rotatable bonds is 14. The normalized spacial score (nSPS) is 15.4. The lowest BCUT2D eigenvalue weighted by Gasteiger charge is -2.23. The first-order chi connectivity index (χ1) is 14.9. The molecular formula is C23H35NO5P2S. The van der Waals surface area contributed by atoms with Crippen molar-refractivity contribution in [3.8, 4) is 0 Å². The molecule has 0 heterocycles. The minimum Gasteiger partial charge on any atom is -0.471 e. The van der Waals surface area contributed by atoms with Gasteiger partial charge < -0.3 is 14.5 Å². The van der Waals surface area contributed by atoms with Gasteiger partial charge in [-0.15, -0.1) is 0 Å². The summed E-state index contributed by atoms with van der Waals surface area (Å²) in [6.45, 7) is 12.6. The van der Waals surface area contributed by atoms with E-state index in [-0.39, 0.29) is 5.41 Å². The molecule has 2 unspecified atom stereocenters. The van der Waals surface area contributed by atoms with Gasteiger partial charge in [-0.3, -0.25) is 13.7 Å². The average molecular weight is 500 g/mol. The van der Waals surface area contributed by atoms with Crippen molar-refractivity contribution in [2.75, 3.05) is 26.9 Å². The van der Waals surface area contributed by atoms with Crippen molar-refractivity contribution >= 4 is 39.2 Å². The van der Waals surface area contributed by atoms with Gasteiger partial charge in [0.1, 0.15) is 5.40 Å². The average Bonchev–Trinajstić information content (AvgIpc) is 2.73. The van der Waals surface area contributed by atoms with Crippen molar-refractivity contribution < 1.29 is 23.3 Å². The van der Waals surface area contributed by atoms with E-state index in [2.05, 4.69) is 30.5 Å². The fraction of sp³-hybridized carbons (Fsp3) is 0.522. The Balaban J connectivity index is 2.49. The van der Waals surface area contributed by atoms with Crippen LogP contribution in [0.4, 0.5) is 0 Å². The van der Waals surface area contributed by atoms with Crippen LogP contribution in [-0.2, 0) is 18.4 Å². The zero-order valence-electron chi connectivity index (χ0n) is 19.6. The molecule has 0 aromatic heterocycles. The summed E-state index contributed by atoms with van der Waals surface area (Å²) in [5.41, 5.74) is 2.97. The Kier molecular flexibility index (Phi) is 12.2. The monoisotopic (exact) mass is 499 g/mol. The number of thiocarbonyl (C=S) groups is 1. The molecule has 0 amide bonds. The molecule has 6 nitrogen and oxygen atoms in total. The summed E-state index contributed by atoms with van der Waals surface area (Å²) in [5.74, 6) is 0.452. The molecule has 0 radical (unpaired) electrons. The third kappa shape index (κ3) is 10.2. The van der Waals surface area contributed by atoms with Gasteiger partial charge in [0.15, 0.2) is 15.3 Å². The van der Waals surface area contributed by atoms with E-state index >= 15 is 0 Å². The molecule has 1 aromatic carbocycles.